The number of nitrogens with zero attached hydrogens (tertiary/aromatic N) is 2. The second kappa shape index (κ2) is 10.9. The van der Waals surface area contributed by atoms with Crippen LogP contribution in [0.2, 0.25) is 0 Å². The molecule has 0 spiro atoms. The first kappa shape index (κ1) is 23.4. The van der Waals surface area contributed by atoms with Gasteiger partial charge in [-0.15, -0.1) is 0 Å². The molecule has 0 radical (unpaired) electrons. The van der Waals surface area contributed by atoms with Crippen molar-refractivity contribution in [2.24, 2.45) is 4.36 Å². The number of carbonyl (C=O) groups is 1. The first-order chi connectivity index (χ1) is 16.0. The average molecular weight is 470 g/mol. The highest BCUT2D eigenvalue weighted by atomic mass is 32.2. The molecule has 7 nitrogen and oxygen atoms in total. The zero-order chi connectivity index (χ0) is 23.2. The van der Waals surface area contributed by atoms with E-state index in [2.05, 4.69) is 33.8 Å². The third-order valence-corrected chi connectivity index (χ3v) is 7.04. The molecule has 1 N–H and O–H groups in total. The number of nitrogens with one attached hydrogen (secondary N) is 1. The van der Waals surface area contributed by atoms with Gasteiger partial charge in [0.05, 0.1) is 19.1 Å². The summed E-state index contributed by atoms with van der Waals surface area (Å²) in [6.07, 6.45) is 5.79. The quantitative estimate of drug-likeness (QED) is 0.626. The molecule has 8 heteroatoms. The van der Waals surface area contributed by atoms with Crippen molar-refractivity contribution < 1.29 is 17.9 Å². The normalized spacial score (nSPS) is 18.9. The molecule has 176 valence electrons. The van der Waals surface area contributed by atoms with Crippen LogP contribution in [0.1, 0.15) is 67.3 Å². The monoisotopic (exact) mass is 469 g/mol. The standard InChI is InChI=1S/C25H31N3O4S/c1-28(20-9-5-6-10-20)17-18-11-12-21-22(13-14-32-24(21)15-18)26-25(29)16-23(27-33(30)31)19-7-3-2-4-8-19/h2-4,7-8,11-12,15,20,22-23H,5-6,9-10,13-14,16-17H2,1H3,(H,26,29). The van der Waals surface area contributed by atoms with Gasteiger partial charge in [-0.2, -0.15) is 12.8 Å². The van der Waals surface area contributed by atoms with Crippen molar-refractivity contribution in [1.82, 2.24) is 10.2 Å². The zero-order valence-electron chi connectivity index (χ0n) is 18.9. The Morgan fingerprint density at radius 1 is 1.15 bits per heavy atom. The lowest BCUT2D eigenvalue weighted by Gasteiger charge is -2.29. The van der Waals surface area contributed by atoms with Gasteiger partial charge in [-0.05, 0) is 37.1 Å². The number of hydrogen-bond donors (Lipinski definition) is 1. The number of fused-ring (bicyclic) bond motifs is 1. The molecule has 1 fully saturated rings. The highest BCUT2D eigenvalue weighted by Gasteiger charge is 2.26. The topological polar surface area (TPSA) is 88.1 Å². The van der Waals surface area contributed by atoms with Crippen molar-refractivity contribution in [2.75, 3.05) is 13.7 Å². The Morgan fingerprint density at radius 2 is 1.91 bits per heavy atom. The van der Waals surface area contributed by atoms with Gasteiger partial charge in [0.15, 0.2) is 0 Å². The fraction of sp³-hybridized carbons (Fsp3) is 0.480. The molecule has 0 aromatic heterocycles. The molecule has 2 unspecified atom stereocenters. The molecule has 1 heterocycles. The predicted octanol–water partition coefficient (Wildman–Crippen LogP) is 4.19. The van der Waals surface area contributed by atoms with Gasteiger partial charge in [0.1, 0.15) is 11.8 Å². The van der Waals surface area contributed by atoms with E-state index in [0.717, 1.165) is 17.9 Å². The Kier molecular flexibility index (Phi) is 7.77. The van der Waals surface area contributed by atoms with E-state index in [1.54, 1.807) is 24.3 Å². The van der Waals surface area contributed by atoms with Crippen molar-refractivity contribution in [2.45, 2.75) is 63.2 Å². The van der Waals surface area contributed by atoms with Crippen LogP contribution >= 0.6 is 0 Å². The van der Waals surface area contributed by atoms with Gasteiger partial charge in [-0.3, -0.25) is 9.69 Å². The van der Waals surface area contributed by atoms with E-state index >= 15 is 0 Å². The molecule has 4 rings (SSSR count). The molecule has 33 heavy (non-hydrogen) atoms. The van der Waals surface area contributed by atoms with Gasteiger partial charge in [-0.1, -0.05) is 55.3 Å². The smallest absolute Gasteiger partial charge is 0.311 e. The molecule has 1 saturated carbocycles. The largest absolute Gasteiger partial charge is 0.493 e. The number of benzene rings is 2. The third-order valence-electron chi connectivity index (χ3n) is 6.61. The molecule has 0 bridgehead atoms. The number of ether oxygens (including phenoxy) is 1. The van der Waals surface area contributed by atoms with E-state index in [9.17, 15) is 13.2 Å². The van der Waals surface area contributed by atoms with Crippen LogP contribution in [-0.4, -0.2) is 38.9 Å². The molecular weight excluding hydrogens is 438 g/mol. The van der Waals surface area contributed by atoms with Crippen molar-refractivity contribution >= 4 is 16.4 Å². The summed E-state index contributed by atoms with van der Waals surface area (Å²) < 4.78 is 32.0. The highest BCUT2D eigenvalue weighted by molar-refractivity contribution is 7.61. The summed E-state index contributed by atoms with van der Waals surface area (Å²) in [5.41, 5.74) is 2.86. The number of carbonyl (C=O) groups excluding carboxylic acids is 1. The Hall–Kier alpha value is -2.71. The van der Waals surface area contributed by atoms with Crippen LogP contribution in [0.25, 0.3) is 0 Å². The average Bonchev–Trinajstić information content (AvgIpc) is 3.34. The predicted molar refractivity (Wildman–Crippen MR) is 126 cm³/mol. The van der Waals surface area contributed by atoms with E-state index in [4.69, 9.17) is 4.74 Å². The van der Waals surface area contributed by atoms with Crippen molar-refractivity contribution in [3.8, 4) is 5.75 Å². The minimum Gasteiger partial charge on any atom is -0.493 e. The lowest BCUT2D eigenvalue weighted by Crippen LogP contribution is -2.33. The van der Waals surface area contributed by atoms with Crippen LogP contribution in [0.4, 0.5) is 0 Å². The lowest BCUT2D eigenvalue weighted by molar-refractivity contribution is -0.122. The van der Waals surface area contributed by atoms with Crippen LogP contribution in [0, 0.1) is 0 Å². The minimum atomic E-state index is -2.59. The summed E-state index contributed by atoms with van der Waals surface area (Å²) in [5.74, 6) is 0.578. The van der Waals surface area contributed by atoms with Crippen molar-refractivity contribution in [3.05, 3.63) is 65.2 Å². The van der Waals surface area contributed by atoms with Crippen molar-refractivity contribution in [1.29, 1.82) is 0 Å². The zero-order valence-corrected chi connectivity index (χ0v) is 19.8. The molecule has 2 atom stereocenters. The molecule has 1 amide bonds. The summed E-state index contributed by atoms with van der Waals surface area (Å²) in [7, 11) is -0.410. The van der Waals surface area contributed by atoms with Crippen LogP contribution < -0.4 is 10.1 Å². The Labute approximate surface area is 196 Å². The Morgan fingerprint density at radius 3 is 2.64 bits per heavy atom. The molecule has 2 aliphatic rings. The second-order valence-electron chi connectivity index (χ2n) is 8.94. The summed E-state index contributed by atoms with van der Waals surface area (Å²) in [4.78, 5) is 15.2. The molecule has 2 aromatic carbocycles. The summed E-state index contributed by atoms with van der Waals surface area (Å²) in [5, 5.41) is 3.06. The Bertz CT molecular complexity index is 1090. The maximum atomic E-state index is 12.8. The molecule has 2 aromatic rings. The fourth-order valence-corrected chi connectivity index (χ4v) is 5.27. The SMILES string of the molecule is CN(Cc1ccc2c(c1)OCCC2NC(=O)CC(N=S(=O)=O)c1ccccc1)C1CCCC1. The van der Waals surface area contributed by atoms with Gasteiger partial charge in [0.2, 0.25) is 5.91 Å². The van der Waals surface area contributed by atoms with Gasteiger partial charge >= 0.3 is 10.5 Å². The van der Waals surface area contributed by atoms with Crippen LogP contribution in [0.3, 0.4) is 0 Å². The van der Waals surface area contributed by atoms with Gasteiger partial charge in [0.25, 0.3) is 0 Å². The molecule has 1 aliphatic carbocycles. The fourth-order valence-electron chi connectivity index (χ4n) is 4.87. The number of rotatable bonds is 8. The van der Waals surface area contributed by atoms with Crippen LogP contribution in [-0.2, 0) is 21.8 Å². The molecule has 1 aliphatic heterocycles. The maximum absolute atomic E-state index is 12.8. The Balaban J connectivity index is 1.43. The van der Waals surface area contributed by atoms with E-state index in [-0.39, 0.29) is 18.4 Å². The minimum absolute atomic E-state index is 0.0328. The van der Waals surface area contributed by atoms with E-state index < -0.39 is 16.5 Å². The number of amides is 1. The van der Waals surface area contributed by atoms with E-state index in [1.165, 1.54) is 31.2 Å². The summed E-state index contributed by atoms with van der Waals surface area (Å²) in [6.45, 7) is 1.40. The highest BCUT2D eigenvalue weighted by Crippen LogP contribution is 2.34. The van der Waals surface area contributed by atoms with Crippen LogP contribution in [0.15, 0.2) is 52.9 Å². The lowest BCUT2D eigenvalue weighted by atomic mass is 9.97. The summed E-state index contributed by atoms with van der Waals surface area (Å²) in [6, 6.07) is 15.0. The third kappa shape index (κ3) is 6.21. The van der Waals surface area contributed by atoms with Gasteiger partial charge < -0.3 is 10.1 Å². The first-order valence-electron chi connectivity index (χ1n) is 11.6. The van der Waals surface area contributed by atoms with Crippen LogP contribution in [0.5, 0.6) is 5.75 Å². The van der Waals surface area contributed by atoms with E-state index in [1.807, 2.05) is 12.1 Å². The van der Waals surface area contributed by atoms with Crippen molar-refractivity contribution in [3.63, 3.8) is 0 Å². The first-order valence-corrected chi connectivity index (χ1v) is 12.6. The summed E-state index contributed by atoms with van der Waals surface area (Å²) >= 11 is 0. The molecule has 0 saturated heterocycles. The molecular formula is C25H31N3O4S. The second-order valence-corrected chi connectivity index (χ2v) is 9.58. The maximum Gasteiger partial charge on any atom is 0.311 e. The van der Waals surface area contributed by atoms with Gasteiger partial charge in [0, 0.05) is 24.6 Å². The van der Waals surface area contributed by atoms with E-state index in [0.29, 0.717) is 24.6 Å². The van der Waals surface area contributed by atoms with Gasteiger partial charge in [-0.25, -0.2) is 0 Å². The number of hydrogen-bond acceptors (Lipinski definition) is 6.